The van der Waals surface area contributed by atoms with E-state index in [1.807, 2.05) is 26.8 Å². The number of fused-ring (bicyclic) bond motifs is 1. The van der Waals surface area contributed by atoms with Crippen molar-refractivity contribution in [3.8, 4) is 0 Å². The van der Waals surface area contributed by atoms with E-state index in [1.54, 1.807) is 6.20 Å². The van der Waals surface area contributed by atoms with Crippen molar-refractivity contribution in [2.75, 3.05) is 10.6 Å². The first-order chi connectivity index (χ1) is 6.49. The molecule has 0 radical (unpaired) electrons. The highest BCUT2D eigenvalue weighted by Gasteiger charge is 2.33. The van der Waals surface area contributed by atoms with Crippen LogP contribution in [0.4, 0.5) is 11.5 Å². The Morgan fingerprint density at radius 3 is 2.86 bits per heavy atom. The number of aryl methyl sites for hydroxylation is 1. The Bertz CT molecular complexity index is 398. The van der Waals surface area contributed by atoms with Gasteiger partial charge in [0.1, 0.15) is 5.54 Å². The van der Waals surface area contributed by atoms with Crippen molar-refractivity contribution in [1.82, 2.24) is 4.98 Å². The van der Waals surface area contributed by atoms with Gasteiger partial charge in [-0.15, -0.1) is 0 Å². The molecule has 0 bridgehead atoms. The zero-order chi connectivity index (χ0) is 10.3. The molecule has 4 heteroatoms. The Hall–Kier alpha value is -1.58. The molecule has 1 amide bonds. The van der Waals surface area contributed by atoms with Crippen LogP contribution in [0, 0.1) is 6.92 Å². The number of nitrogens with zero attached hydrogens (tertiary/aromatic N) is 1. The van der Waals surface area contributed by atoms with Crippen molar-refractivity contribution in [2.24, 2.45) is 0 Å². The van der Waals surface area contributed by atoms with Crippen molar-refractivity contribution in [3.63, 3.8) is 0 Å². The number of hydrogen-bond donors (Lipinski definition) is 2. The van der Waals surface area contributed by atoms with E-state index in [9.17, 15) is 4.79 Å². The highest BCUT2D eigenvalue weighted by atomic mass is 16.2. The Labute approximate surface area is 82.7 Å². The minimum Gasteiger partial charge on any atom is -0.355 e. The number of rotatable bonds is 0. The van der Waals surface area contributed by atoms with Gasteiger partial charge in [0.05, 0.1) is 5.69 Å². The van der Waals surface area contributed by atoms with Crippen LogP contribution in [0.15, 0.2) is 12.3 Å². The maximum absolute atomic E-state index is 11.6. The number of amides is 1. The maximum atomic E-state index is 11.6. The Balaban J connectivity index is 2.46. The average Bonchev–Trinajstić information content (AvgIpc) is 2.08. The smallest absolute Gasteiger partial charge is 0.249 e. The van der Waals surface area contributed by atoms with Gasteiger partial charge < -0.3 is 10.6 Å². The van der Waals surface area contributed by atoms with E-state index in [2.05, 4.69) is 15.6 Å². The summed E-state index contributed by atoms with van der Waals surface area (Å²) in [6.45, 7) is 5.60. The molecule has 1 aromatic heterocycles. The topological polar surface area (TPSA) is 54.0 Å². The lowest BCUT2D eigenvalue weighted by atomic mass is 10.0. The first-order valence-corrected chi connectivity index (χ1v) is 4.55. The molecule has 4 nitrogen and oxygen atoms in total. The normalized spacial score (nSPS) is 18.1. The number of carbonyl (C=O) groups is 1. The molecule has 2 heterocycles. The van der Waals surface area contributed by atoms with Crippen LogP contribution in [0.2, 0.25) is 0 Å². The molecular formula is C10H13N3O. The fourth-order valence-electron chi connectivity index (χ4n) is 1.40. The third-order valence-corrected chi connectivity index (χ3v) is 2.27. The molecule has 0 unspecified atom stereocenters. The van der Waals surface area contributed by atoms with Gasteiger partial charge in [0.25, 0.3) is 0 Å². The molecule has 0 fully saturated rings. The van der Waals surface area contributed by atoms with Crippen LogP contribution in [0.1, 0.15) is 19.4 Å². The summed E-state index contributed by atoms with van der Waals surface area (Å²) in [4.78, 5) is 15.8. The third-order valence-electron chi connectivity index (χ3n) is 2.27. The lowest BCUT2D eigenvalue weighted by Crippen LogP contribution is -2.47. The number of anilines is 2. The number of pyridine rings is 1. The quantitative estimate of drug-likeness (QED) is 0.654. The van der Waals surface area contributed by atoms with E-state index in [-0.39, 0.29) is 5.91 Å². The standard InChI is InChI=1S/C10H13N3O/c1-6-4-7-8(11-5-6)13-10(2,3)9(14)12-7/h4-5H,1-3H3,(H,11,13)(H,12,14). The van der Waals surface area contributed by atoms with Crippen LogP contribution < -0.4 is 10.6 Å². The van der Waals surface area contributed by atoms with Gasteiger partial charge in [-0.3, -0.25) is 4.79 Å². The first kappa shape index (κ1) is 8.99. The molecule has 0 saturated carbocycles. The van der Waals surface area contributed by atoms with Gasteiger partial charge in [0.15, 0.2) is 5.82 Å². The number of hydrogen-bond acceptors (Lipinski definition) is 3. The van der Waals surface area contributed by atoms with Gasteiger partial charge in [-0.1, -0.05) is 0 Å². The largest absolute Gasteiger partial charge is 0.355 e. The predicted molar refractivity (Wildman–Crippen MR) is 55.3 cm³/mol. The van der Waals surface area contributed by atoms with Crippen LogP contribution in [0.5, 0.6) is 0 Å². The average molecular weight is 191 g/mol. The zero-order valence-corrected chi connectivity index (χ0v) is 8.51. The van der Waals surface area contributed by atoms with E-state index in [0.29, 0.717) is 0 Å². The lowest BCUT2D eigenvalue weighted by molar-refractivity contribution is -0.119. The van der Waals surface area contributed by atoms with Crippen LogP contribution in [0.25, 0.3) is 0 Å². The second-order valence-electron chi connectivity index (χ2n) is 4.11. The molecule has 0 aromatic carbocycles. The lowest BCUT2D eigenvalue weighted by Gasteiger charge is -2.31. The molecule has 0 saturated heterocycles. The second kappa shape index (κ2) is 2.70. The summed E-state index contributed by atoms with van der Waals surface area (Å²) in [5.74, 6) is 0.706. The molecule has 0 atom stereocenters. The Morgan fingerprint density at radius 1 is 1.43 bits per heavy atom. The minimum absolute atomic E-state index is 0.0302. The van der Waals surface area contributed by atoms with E-state index in [4.69, 9.17) is 0 Å². The van der Waals surface area contributed by atoms with E-state index >= 15 is 0 Å². The van der Waals surface area contributed by atoms with Crippen LogP contribution in [-0.2, 0) is 4.79 Å². The molecular weight excluding hydrogens is 178 g/mol. The van der Waals surface area contributed by atoms with E-state index < -0.39 is 5.54 Å². The van der Waals surface area contributed by atoms with Crippen LogP contribution in [-0.4, -0.2) is 16.4 Å². The molecule has 74 valence electrons. The molecule has 1 aliphatic heterocycles. The molecule has 1 aromatic rings. The summed E-state index contributed by atoms with van der Waals surface area (Å²) in [6.07, 6.45) is 1.78. The second-order valence-corrected chi connectivity index (χ2v) is 4.11. The fourth-order valence-corrected chi connectivity index (χ4v) is 1.40. The van der Waals surface area contributed by atoms with Crippen LogP contribution in [0.3, 0.4) is 0 Å². The monoisotopic (exact) mass is 191 g/mol. The van der Waals surface area contributed by atoms with Gasteiger partial charge in [0.2, 0.25) is 5.91 Å². The third kappa shape index (κ3) is 1.32. The molecule has 1 aliphatic rings. The van der Waals surface area contributed by atoms with Gasteiger partial charge in [0, 0.05) is 6.20 Å². The number of aromatic nitrogens is 1. The summed E-state index contributed by atoms with van der Waals surface area (Å²) in [5.41, 5.74) is 1.20. The van der Waals surface area contributed by atoms with Crippen LogP contribution >= 0.6 is 0 Å². The highest BCUT2D eigenvalue weighted by Crippen LogP contribution is 2.28. The van der Waals surface area contributed by atoms with Crippen molar-refractivity contribution in [1.29, 1.82) is 0 Å². The van der Waals surface area contributed by atoms with Gasteiger partial charge >= 0.3 is 0 Å². The first-order valence-electron chi connectivity index (χ1n) is 4.55. The SMILES string of the molecule is Cc1cnc2c(c1)NC(=O)C(C)(C)N2. The van der Waals surface area contributed by atoms with Gasteiger partial charge in [-0.25, -0.2) is 4.98 Å². The van der Waals surface area contributed by atoms with Gasteiger partial charge in [-0.05, 0) is 32.4 Å². The Kier molecular flexibility index (Phi) is 1.74. The summed E-state index contributed by atoms with van der Waals surface area (Å²) >= 11 is 0. The number of nitrogens with one attached hydrogen (secondary N) is 2. The van der Waals surface area contributed by atoms with Crippen molar-refractivity contribution in [2.45, 2.75) is 26.3 Å². The molecule has 14 heavy (non-hydrogen) atoms. The van der Waals surface area contributed by atoms with E-state index in [1.165, 1.54) is 0 Å². The van der Waals surface area contributed by atoms with E-state index in [0.717, 1.165) is 17.1 Å². The van der Waals surface area contributed by atoms with Crippen molar-refractivity contribution < 1.29 is 4.79 Å². The van der Waals surface area contributed by atoms with Crippen molar-refractivity contribution in [3.05, 3.63) is 17.8 Å². The molecule has 2 N–H and O–H groups in total. The zero-order valence-electron chi connectivity index (χ0n) is 8.51. The Morgan fingerprint density at radius 2 is 2.14 bits per heavy atom. The minimum atomic E-state index is -0.588. The fraction of sp³-hybridized carbons (Fsp3) is 0.400. The molecule has 2 rings (SSSR count). The molecule has 0 aliphatic carbocycles. The maximum Gasteiger partial charge on any atom is 0.249 e. The highest BCUT2D eigenvalue weighted by molar-refractivity contribution is 6.04. The van der Waals surface area contributed by atoms with Crippen molar-refractivity contribution >= 4 is 17.4 Å². The summed E-state index contributed by atoms with van der Waals surface area (Å²) in [7, 11) is 0. The predicted octanol–water partition coefficient (Wildman–Crippen LogP) is 1.53. The summed E-state index contributed by atoms with van der Waals surface area (Å²) in [6, 6.07) is 1.91. The number of carbonyl (C=O) groups excluding carboxylic acids is 1. The summed E-state index contributed by atoms with van der Waals surface area (Å²) in [5, 5.41) is 5.92. The van der Waals surface area contributed by atoms with Gasteiger partial charge in [-0.2, -0.15) is 0 Å². The molecule has 0 spiro atoms. The summed E-state index contributed by atoms with van der Waals surface area (Å²) < 4.78 is 0.